The van der Waals surface area contributed by atoms with Crippen LogP contribution in [0.3, 0.4) is 0 Å². The van der Waals surface area contributed by atoms with E-state index in [1.807, 2.05) is 26.1 Å². The second kappa shape index (κ2) is 5.26. The Kier molecular flexibility index (Phi) is 3.93. The molecule has 0 bridgehead atoms. The monoisotopic (exact) mass is 404 g/mol. The molecule has 0 fully saturated rings. The Bertz CT molecular complexity index is 542. The van der Waals surface area contributed by atoms with Gasteiger partial charge in [0.05, 0.1) is 9.26 Å². The first kappa shape index (κ1) is 12.7. The van der Waals surface area contributed by atoms with E-state index in [0.717, 1.165) is 25.2 Å². The van der Waals surface area contributed by atoms with E-state index in [2.05, 4.69) is 58.8 Å². The van der Waals surface area contributed by atoms with Gasteiger partial charge in [0.2, 0.25) is 0 Å². The van der Waals surface area contributed by atoms with E-state index in [9.17, 15) is 0 Å². The summed E-state index contributed by atoms with van der Waals surface area (Å²) < 4.78 is 1.98. The summed E-state index contributed by atoms with van der Waals surface area (Å²) in [6.45, 7) is 1.96. The fraction of sp³-hybridized carbons (Fsp3) is 0.182. The second-order valence-electron chi connectivity index (χ2n) is 3.41. The normalized spacial score (nSPS) is 10.4. The van der Waals surface area contributed by atoms with Crippen LogP contribution in [0.25, 0.3) is 11.5 Å². The molecule has 88 valence electrons. The molecule has 4 nitrogen and oxygen atoms in total. The maximum absolute atomic E-state index is 4.44. The molecule has 2 heterocycles. The first-order valence-corrected chi connectivity index (χ1v) is 6.83. The van der Waals surface area contributed by atoms with Gasteiger partial charge in [0.1, 0.15) is 11.5 Å². The zero-order chi connectivity index (χ0) is 12.4. The molecule has 0 radical (unpaired) electrons. The van der Waals surface area contributed by atoms with Crippen LogP contribution in [-0.2, 0) is 0 Å². The van der Waals surface area contributed by atoms with E-state index >= 15 is 0 Å². The van der Waals surface area contributed by atoms with Gasteiger partial charge in [-0.3, -0.25) is 4.98 Å². The number of halogens is 2. The predicted octanol–water partition coefficient (Wildman–Crippen LogP) is 3.26. The lowest BCUT2D eigenvalue weighted by molar-refractivity contribution is 1.07. The molecule has 0 saturated heterocycles. The first-order valence-electron chi connectivity index (χ1n) is 4.95. The number of hydrogen-bond acceptors (Lipinski definition) is 4. The van der Waals surface area contributed by atoms with Gasteiger partial charge < -0.3 is 5.32 Å². The predicted molar refractivity (Wildman–Crippen MR) is 80.0 cm³/mol. The summed E-state index contributed by atoms with van der Waals surface area (Å²) >= 11 is 5.59. The van der Waals surface area contributed by atoms with Crippen molar-refractivity contribution in [1.82, 2.24) is 15.0 Å². The smallest absolute Gasteiger partial charge is 0.180 e. The molecule has 1 N–H and O–H groups in total. The van der Waals surface area contributed by atoms with Gasteiger partial charge in [-0.2, -0.15) is 0 Å². The minimum atomic E-state index is 0.639. The zero-order valence-electron chi connectivity index (χ0n) is 9.33. The maximum atomic E-state index is 4.44. The topological polar surface area (TPSA) is 50.7 Å². The lowest BCUT2D eigenvalue weighted by Crippen LogP contribution is -2.03. The summed E-state index contributed by atoms with van der Waals surface area (Å²) in [7, 11) is 1.85. The van der Waals surface area contributed by atoms with Crippen LogP contribution >= 0.6 is 38.5 Å². The van der Waals surface area contributed by atoms with Gasteiger partial charge in [0.15, 0.2) is 5.82 Å². The maximum Gasteiger partial charge on any atom is 0.180 e. The van der Waals surface area contributed by atoms with E-state index in [0.29, 0.717) is 5.82 Å². The lowest BCUT2D eigenvalue weighted by Gasteiger charge is -2.08. The van der Waals surface area contributed by atoms with Crippen molar-refractivity contribution in [3.8, 4) is 11.5 Å². The van der Waals surface area contributed by atoms with Crippen molar-refractivity contribution in [2.75, 3.05) is 12.4 Å². The fourth-order valence-electron chi connectivity index (χ4n) is 1.35. The minimum Gasteiger partial charge on any atom is -0.372 e. The average molecular weight is 405 g/mol. The average Bonchev–Trinajstić information content (AvgIpc) is 2.33. The Balaban J connectivity index is 2.52. The molecular formula is C11H10BrIN4. The molecule has 0 aliphatic heterocycles. The summed E-state index contributed by atoms with van der Waals surface area (Å²) in [5.41, 5.74) is 1.72. The van der Waals surface area contributed by atoms with Crippen molar-refractivity contribution < 1.29 is 0 Å². The highest BCUT2D eigenvalue weighted by molar-refractivity contribution is 14.1. The van der Waals surface area contributed by atoms with E-state index in [4.69, 9.17) is 0 Å². The molecule has 0 aromatic carbocycles. The highest BCUT2D eigenvalue weighted by Gasteiger charge is 2.10. The Morgan fingerprint density at radius 2 is 2.06 bits per heavy atom. The van der Waals surface area contributed by atoms with E-state index in [1.54, 1.807) is 6.20 Å². The molecule has 0 spiro atoms. The number of nitrogens with zero attached hydrogens (tertiary/aromatic N) is 3. The minimum absolute atomic E-state index is 0.639. The second-order valence-corrected chi connectivity index (χ2v) is 5.40. The van der Waals surface area contributed by atoms with Gasteiger partial charge in [-0.05, 0) is 57.6 Å². The molecule has 0 atom stereocenters. The summed E-state index contributed by atoms with van der Waals surface area (Å²) in [6, 6.07) is 3.82. The quantitative estimate of drug-likeness (QED) is 0.780. The molecule has 0 unspecified atom stereocenters. The molecule has 0 aliphatic rings. The summed E-state index contributed by atoms with van der Waals surface area (Å²) in [6.07, 6.45) is 1.74. The van der Waals surface area contributed by atoms with Crippen molar-refractivity contribution in [2.24, 2.45) is 0 Å². The standard InChI is InChI=1S/C11H10BrIN4/c1-6-9(13)11(14-2)17-10(16-6)8-4-3-7(12)5-15-8/h3-5H,1-2H3,(H,14,16,17). The number of rotatable bonds is 2. The third-order valence-electron chi connectivity index (χ3n) is 2.21. The van der Waals surface area contributed by atoms with Crippen LogP contribution in [0.2, 0.25) is 0 Å². The van der Waals surface area contributed by atoms with E-state index in [-0.39, 0.29) is 0 Å². The molecule has 2 aromatic heterocycles. The molecule has 0 amide bonds. The first-order chi connectivity index (χ1) is 8.11. The Hall–Kier alpha value is -0.760. The SMILES string of the molecule is CNc1nc(-c2ccc(Br)cn2)nc(C)c1I. The van der Waals surface area contributed by atoms with Gasteiger partial charge in [0.25, 0.3) is 0 Å². The number of hydrogen-bond donors (Lipinski definition) is 1. The Morgan fingerprint density at radius 1 is 1.29 bits per heavy atom. The zero-order valence-corrected chi connectivity index (χ0v) is 13.1. The van der Waals surface area contributed by atoms with Crippen molar-refractivity contribution in [2.45, 2.75) is 6.92 Å². The summed E-state index contributed by atoms with van der Waals surface area (Å²) in [5, 5.41) is 3.06. The molecule has 6 heteroatoms. The van der Waals surface area contributed by atoms with Crippen LogP contribution in [0.4, 0.5) is 5.82 Å². The lowest BCUT2D eigenvalue weighted by atomic mass is 10.3. The van der Waals surface area contributed by atoms with Crippen LogP contribution in [0.1, 0.15) is 5.69 Å². The fourth-order valence-corrected chi connectivity index (χ4v) is 2.09. The number of aromatic nitrogens is 3. The highest BCUT2D eigenvalue weighted by atomic mass is 127. The number of pyridine rings is 1. The number of aryl methyl sites for hydroxylation is 1. The third-order valence-corrected chi connectivity index (χ3v) is 3.97. The third kappa shape index (κ3) is 2.74. The van der Waals surface area contributed by atoms with Crippen LogP contribution in [0.15, 0.2) is 22.8 Å². The molecule has 0 aliphatic carbocycles. The molecule has 2 rings (SSSR count). The van der Waals surface area contributed by atoms with E-state index < -0.39 is 0 Å². The van der Waals surface area contributed by atoms with Crippen molar-refractivity contribution in [1.29, 1.82) is 0 Å². The van der Waals surface area contributed by atoms with Crippen molar-refractivity contribution in [3.05, 3.63) is 32.1 Å². The van der Waals surface area contributed by atoms with Crippen LogP contribution < -0.4 is 5.32 Å². The summed E-state index contributed by atoms with van der Waals surface area (Å²) in [5.74, 6) is 1.47. The largest absolute Gasteiger partial charge is 0.372 e. The Morgan fingerprint density at radius 3 is 2.65 bits per heavy atom. The van der Waals surface area contributed by atoms with Crippen molar-refractivity contribution in [3.63, 3.8) is 0 Å². The number of anilines is 1. The van der Waals surface area contributed by atoms with Crippen LogP contribution in [0, 0.1) is 10.5 Å². The van der Waals surface area contributed by atoms with Gasteiger partial charge >= 0.3 is 0 Å². The van der Waals surface area contributed by atoms with Crippen molar-refractivity contribution >= 4 is 44.3 Å². The molecule has 0 saturated carbocycles. The van der Waals surface area contributed by atoms with Crippen LogP contribution in [-0.4, -0.2) is 22.0 Å². The highest BCUT2D eigenvalue weighted by Crippen LogP contribution is 2.22. The number of nitrogens with one attached hydrogen (secondary N) is 1. The van der Waals surface area contributed by atoms with Gasteiger partial charge in [-0.1, -0.05) is 0 Å². The van der Waals surface area contributed by atoms with Gasteiger partial charge in [0, 0.05) is 17.7 Å². The molecule has 2 aromatic rings. The molecular weight excluding hydrogens is 395 g/mol. The van der Waals surface area contributed by atoms with Crippen LogP contribution in [0.5, 0.6) is 0 Å². The van der Waals surface area contributed by atoms with E-state index in [1.165, 1.54) is 0 Å². The van der Waals surface area contributed by atoms with Gasteiger partial charge in [-0.25, -0.2) is 9.97 Å². The Labute approximate surface area is 122 Å². The summed E-state index contributed by atoms with van der Waals surface area (Å²) in [4.78, 5) is 13.2. The van der Waals surface area contributed by atoms with Gasteiger partial charge in [-0.15, -0.1) is 0 Å². The molecule has 17 heavy (non-hydrogen) atoms.